The molecule has 1 aromatic heterocycles. The van der Waals surface area contributed by atoms with Crippen LogP contribution in [-0.2, 0) is 6.42 Å². The standard InChI is InChI=1S/C10H14N2O/c1-2-7-4-3-5-8-6-11-10(13)12-9(7)8/h6-7H,2-5H2,1H3,(H,11,12,13). The molecule has 1 atom stereocenters. The summed E-state index contributed by atoms with van der Waals surface area (Å²) < 4.78 is 0. The molecule has 3 nitrogen and oxygen atoms in total. The van der Waals surface area contributed by atoms with Gasteiger partial charge >= 0.3 is 5.69 Å². The fourth-order valence-electron chi connectivity index (χ4n) is 2.09. The van der Waals surface area contributed by atoms with Crippen LogP contribution in [0.2, 0.25) is 0 Å². The van der Waals surface area contributed by atoms with Gasteiger partial charge in [0.1, 0.15) is 0 Å². The summed E-state index contributed by atoms with van der Waals surface area (Å²) in [5.74, 6) is 0.541. The maximum absolute atomic E-state index is 11.0. The third kappa shape index (κ3) is 1.50. The second kappa shape index (κ2) is 3.32. The molecule has 0 aliphatic heterocycles. The van der Waals surface area contributed by atoms with Crippen molar-refractivity contribution in [2.75, 3.05) is 0 Å². The lowest BCUT2D eigenvalue weighted by molar-refractivity contribution is 0.520. The zero-order chi connectivity index (χ0) is 9.26. The van der Waals surface area contributed by atoms with E-state index >= 15 is 0 Å². The second-order valence-electron chi connectivity index (χ2n) is 3.62. The Bertz CT molecular complexity index is 356. The highest BCUT2D eigenvalue weighted by molar-refractivity contribution is 5.22. The molecule has 0 saturated carbocycles. The minimum absolute atomic E-state index is 0.209. The van der Waals surface area contributed by atoms with Crippen molar-refractivity contribution in [3.8, 4) is 0 Å². The van der Waals surface area contributed by atoms with Crippen LogP contribution < -0.4 is 5.69 Å². The number of aromatic nitrogens is 2. The number of hydrogen-bond acceptors (Lipinski definition) is 2. The molecule has 3 heteroatoms. The van der Waals surface area contributed by atoms with Crippen LogP contribution in [0.1, 0.15) is 43.4 Å². The summed E-state index contributed by atoms with van der Waals surface area (Å²) in [4.78, 5) is 17.6. The van der Waals surface area contributed by atoms with Crippen molar-refractivity contribution in [2.45, 2.75) is 38.5 Å². The first-order chi connectivity index (χ1) is 6.31. The van der Waals surface area contributed by atoms with Gasteiger partial charge < -0.3 is 4.98 Å². The topological polar surface area (TPSA) is 45.8 Å². The van der Waals surface area contributed by atoms with Gasteiger partial charge in [0, 0.05) is 11.9 Å². The third-order valence-electron chi connectivity index (χ3n) is 2.82. The minimum atomic E-state index is -0.209. The van der Waals surface area contributed by atoms with Gasteiger partial charge in [-0.2, -0.15) is 0 Å². The predicted molar refractivity (Wildman–Crippen MR) is 50.8 cm³/mol. The van der Waals surface area contributed by atoms with Crippen LogP contribution in [0.5, 0.6) is 0 Å². The molecule has 0 bridgehead atoms. The number of aromatic amines is 1. The van der Waals surface area contributed by atoms with Crippen LogP contribution in [0.4, 0.5) is 0 Å². The highest BCUT2D eigenvalue weighted by atomic mass is 16.1. The average molecular weight is 178 g/mol. The molecule has 1 unspecified atom stereocenters. The van der Waals surface area contributed by atoms with Crippen molar-refractivity contribution in [3.63, 3.8) is 0 Å². The molecule has 0 saturated heterocycles. The first kappa shape index (κ1) is 8.48. The van der Waals surface area contributed by atoms with Crippen LogP contribution in [0.25, 0.3) is 0 Å². The van der Waals surface area contributed by atoms with Gasteiger partial charge in [-0.25, -0.2) is 9.78 Å². The zero-order valence-electron chi connectivity index (χ0n) is 7.84. The number of nitrogens with zero attached hydrogens (tertiary/aromatic N) is 1. The van der Waals surface area contributed by atoms with Gasteiger partial charge in [-0.3, -0.25) is 0 Å². The van der Waals surface area contributed by atoms with Crippen molar-refractivity contribution in [2.24, 2.45) is 0 Å². The molecule has 1 aliphatic rings. The summed E-state index contributed by atoms with van der Waals surface area (Å²) in [7, 11) is 0. The molecule has 2 rings (SSSR count). The van der Waals surface area contributed by atoms with E-state index < -0.39 is 0 Å². The van der Waals surface area contributed by atoms with E-state index in [0.29, 0.717) is 5.92 Å². The van der Waals surface area contributed by atoms with Crippen LogP contribution in [0.15, 0.2) is 11.0 Å². The summed E-state index contributed by atoms with van der Waals surface area (Å²) in [6.07, 6.45) is 6.32. The molecule has 0 aromatic carbocycles. The molecule has 1 N–H and O–H groups in total. The van der Waals surface area contributed by atoms with E-state index in [2.05, 4.69) is 16.9 Å². The molecule has 13 heavy (non-hydrogen) atoms. The van der Waals surface area contributed by atoms with Crippen molar-refractivity contribution >= 4 is 0 Å². The molecule has 1 aliphatic carbocycles. The maximum Gasteiger partial charge on any atom is 0.345 e. The maximum atomic E-state index is 11.0. The molecule has 0 amide bonds. The summed E-state index contributed by atoms with van der Waals surface area (Å²) in [6.45, 7) is 2.17. The van der Waals surface area contributed by atoms with Gasteiger partial charge in [0.15, 0.2) is 0 Å². The summed E-state index contributed by atoms with van der Waals surface area (Å²) >= 11 is 0. The number of H-pyrrole nitrogens is 1. The molecule has 1 heterocycles. The monoisotopic (exact) mass is 178 g/mol. The van der Waals surface area contributed by atoms with Crippen LogP contribution in [0, 0.1) is 0 Å². The third-order valence-corrected chi connectivity index (χ3v) is 2.82. The molecule has 1 aromatic rings. The summed E-state index contributed by atoms with van der Waals surface area (Å²) in [6, 6.07) is 0. The van der Waals surface area contributed by atoms with E-state index in [1.807, 2.05) is 0 Å². The number of aryl methyl sites for hydroxylation is 1. The lowest BCUT2D eigenvalue weighted by Gasteiger charge is -2.22. The lowest BCUT2D eigenvalue weighted by atomic mass is 9.86. The van der Waals surface area contributed by atoms with Crippen molar-refractivity contribution in [1.29, 1.82) is 0 Å². The van der Waals surface area contributed by atoms with Gasteiger partial charge in [-0.1, -0.05) is 6.92 Å². The Kier molecular flexibility index (Phi) is 2.17. The Morgan fingerprint density at radius 1 is 1.69 bits per heavy atom. The highest BCUT2D eigenvalue weighted by Crippen LogP contribution is 2.30. The van der Waals surface area contributed by atoms with Crippen molar-refractivity contribution in [3.05, 3.63) is 27.9 Å². The molecular formula is C10H14N2O. The van der Waals surface area contributed by atoms with Gasteiger partial charge in [-0.05, 0) is 37.2 Å². The van der Waals surface area contributed by atoms with E-state index in [-0.39, 0.29) is 5.69 Å². The Balaban J connectivity index is 2.47. The molecule has 0 radical (unpaired) electrons. The number of fused-ring (bicyclic) bond motifs is 1. The quantitative estimate of drug-likeness (QED) is 0.710. The Labute approximate surface area is 77.2 Å². The number of rotatable bonds is 1. The number of hydrogen-bond donors (Lipinski definition) is 1. The van der Waals surface area contributed by atoms with E-state index in [1.165, 1.54) is 18.4 Å². The summed E-state index contributed by atoms with van der Waals surface area (Å²) in [5, 5.41) is 0. The molecule has 70 valence electrons. The van der Waals surface area contributed by atoms with Gasteiger partial charge in [-0.15, -0.1) is 0 Å². The van der Waals surface area contributed by atoms with Crippen LogP contribution in [0.3, 0.4) is 0 Å². The zero-order valence-corrected chi connectivity index (χ0v) is 7.84. The van der Waals surface area contributed by atoms with Gasteiger partial charge in [0.2, 0.25) is 0 Å². The Morgan fingerprint density at radius 3 is 3.31 bits per heavy atom. The fraction of sp³-hybridized carbons (Fsp3) is 0.600. The smallest absolute Gasteiger partial charge is 0.309 e. The van der Waals surface area contributed by atoms with Gasteiger partial charge in [0.25, 0.3) is 0 Å². The second-order valence-corrected chi connectivity index (χ2v) is 3.62. The molecular weight excluding hydrogens is 164 g/mol. The largest absolute Gasteiger partial charge is 0.345 e. The Morgan fingerprint density at radius 2 is 2.54 bits per heavy atom. The number of nitrogens with one attached hydrogen (secondary N) is 1. The van der Waals surface area contributed by atoms with Crippen LogP contribution >= 0.6 is 0 Å². The lowest BCUT2D eigenvalue weighted by Crippen LogP contribution is -2.20. The van der Waals surface area contributed by atoms with Gasteiger partial charge in [0.05, 0.1) is 0 Å². The average Bonchev–Trinajstić information content (AvgIpc) is 2.17. The van der Waals surface area contributed by atoms with E-state index in [0.717, 1.165) is 18.5 Å². The van der Waals surface area contributed by atoms with E-state index in [1.54, 1.807) is 6.20 Å². The first-order valence-corrected chi connectivity index (χ1v) is 4.89. The SMILES string of the molecule is CCC1CCCc2cnc(=O)[nH]c21. The minimum Gasteiger partial charge on any atom is -0.309 e. The predicted octanol–water partition coefficient (Wildman–Crippen LogP) is 1.60. The molecule has 0 spiro atoms. The normalized spacial score (nSPS) is 21.2. The van der Waals surface area contributed by atoms with E-state index in [4.69, 9.17) is 0 Å². The molecule has 0 fully saturated rings. The van der Waals surface area contributed by atoms with E-state index in [9.17, 15) is 4.79 Å². The highest BCUT2D eigenvalue weighted by Gasteiger charge is 2.19. The Hall–Kier alpha value is -1.12. The van der Waals surface area contributed by atoms with Crippen molar-refractivity contribution in [1.82, 2.24) is 9.97 Å². The van der Waals surface area contributed by atoms with Crippen LogP contribution in [-0.4, -0.2) is 9.97 Å². The first-order valence-electron chi connectivity index (χ1n) is 4.89. The fourth-order valence-corrected chi connectivity index (χ4v) is 2.09. The van der Waals surface area contributed by atoms with Crippen molar-refractivity contribution < 1.29 is 0 Å². The summed E-state index contributed by atoms with van der Waals surface area (Å²) in [5.41, 5.74) is 2.16.